The molecular weight excluding hydrogens is 252 g/mol. The van der Waals surface area contributed by atoms with E-state index < -0.39 is 18.1 Å². The monoisotopic (exact) mass is 270 g/mol. The van der Waals surface area contributed by atoms with Crippen molar-refractivity contribution in [3.63, 3.8) is 0 Å². The number of rotatable bonds is 6. The Hall–Kier alpha value is -2.09. The number of hydrogen-bond donors (Lipinski definition) is 4. The lowest BCUT2D eigenvalue weighted by Crippen LogP contribution is -2.33. The topological polar surface area (TPSA) is 116 Å². The lowest BCUT2D eigenvalue weighted by atomic mass is 10.2. The second-order valence-electron chi connectivity index (χ2n) is 4.04. The van der Waals surface area contributed by atoms with Gasteiger partial charge >= 0.3 is 12.0 Å². The minimum atomic E-state index is -1.47. The second-order valence-corrected chi connectivity index (χ2v) is 4.04. The van der Waals surface area contributed by atoms with E-state index in [-0.39, 0.29) is 13.0 Å². The highest BCUT2D eigenvalue weighted by Gasteiger charge is 2.13. The SMILES string of the molecule is CCc1nn(C)cc1NC(=O)NCCC(O)C(=O)O. The molecule has 2 amide bonds. The lowest BCUT2D eigenvalue weighted by Gasteiger charge is -2.08. The number of carboxylic acids is 1. The minimum absolute atomic E-state index is 0.0452. The van der Waals surface area contributed by atoms with E-state index in [1.165, 1.54) is 0 Å². The minimum Gasteiger partial charge on any atom is -0.479 e. The quantitative estimate of drug-likeness (QED) is 0.578. The maximum atomic E-state index is 11.6. The molecule has 0 fully saturated rings. The molecular formula is C11H18N4O4. The summed E-state index contributed by atoms with van der Waals surface area (Å²) < 4.78 is 1.60. The van der Waals surface area contributed by atoms with Gasteiger partial charge in [-0.15, -0.1) is 0 Å². The molecule has 1 rings (SSSR count). The highest BCUT2D eigenvalue weighted by Crippen LogP contribution is 2.13. The first-order valence-electron chi connectivity index (χ1n) is 5.92. The average Bonchev–Trinajstić information content (AvgIpc) is 2.68. The maximum absolute atomic E-state index is 11.6. The van der Waals surface area contributed by atoms with E-state index >= 15 is 0 Å². The summed E-state index contributed by atoms with van der Waals surface area (Å²) in [6, 6.07) is -0.458. The number of carboxylic acid groups (broad SMARTS) is 1. The molecule has 0 bridgehead atoms. The molecule has 0 aliphatic rings. The van der Waals surface area contributed by atoms with Crippen molar-refractivity contribution in [3.8, 4) is 0 Å². The van der Waals surface area contributed by atoms with Crippen LogP contribution < -0.4 is 10.6 Å². The third-order valence-electron chi connectivity index (χ3n) is 2.48. The van der Waals surface area contributed by atoms with Crippen LogP contribution in [0.25, 0.3) is 0 Å². The highest BCUT2D eigenvalue weighted by molar-refractivity contribution is 5.89. The number of carbonyl (C=O) groups is 2. The van der Waals surface area contributed by atoms with Crippen molar-refractivity contribution >= 4 is 17.7 Å². The van der Waals surface area contributed by atoms with Crippen molar-refractivity contribution in [1.82, 2.24) is 15.1 Å². The molecule has 0 aromatic carbocycles. The number of urea groups is 1. The Morgan fingerprint density at radius 3 is 2.79 bits per heavy atom. The van der Waals surface area contributed by atoms with Gasteiger partial charge in [-0.2, -0.15) is 5.10 Å². The Balaban J connectivity index is 2.41. The van der Waals surface area contributed by atoms with Gasteiger partial charge in [0, 0.05) is 26.2 Å². The van der Waals surface area contributed by atoms with E-state index in [1.54, 1.807) is 17.9 Å². The maximum Gasteiger partial charge on any atom is 0.332 e. The standard InChI is InChI=1S/C11H18N4O4/c1-3-7-8(6-15(2)14-7)13-11(19)12-5-4-9(16)10(17)18/h6,9,16H,3-5H2,1-2H3,(H,17,18)(H2,12,13,19). The predicted molar refractivity (Wildman–Crippen MR) is 67.9 cm³/mol. The summed E-state index contributed by atoms with van der Waals surface area (Å²) in [6.45, 7) is 2.00. The van der Waals surface area contributed by atoms with Crippen molar-refractivity contribution in [1.29, 1.82) is 0 Å². The third kappa shape index (κ3) is 4.59. The fourth-order valence-electron chi connectivity index (χ4n) is 1.51. The Bertz CT molecular complexity index is 458. The van der Waals surface area contributed by atoms with Crippen molar-refractivity contribution in [2.24, 2.45) is 7.05 Å². The van der Waals surface area contributed by atoms with Crippen molar-refractivity contribution in [3.05, 3.63) is 11.9 Å². The molecule has 1 aromatic rings. The van der Waals surface area contributed by atoms with E-state index in [0.29, 0.717) is 12.1 Å². The molecule has 1 atom stereocenters. The number of nitrogens with zero attached hydrogens (tertiary/aromatic N) is 2. The van der Waals surface area contributed by atoms with Gasteiger partial charge in [0.25, 0.3) is 0 Å². The fraction of sp³-hybridized carbons (Fsp3) is 0.545. The van der Waals surface area contributed by atoms with Crippen LogP contribution in [-0.4, -0.2) is 44.6 Å². The molecule has 8 nitrogen and oxygen atoms in total. The number of hydrogen-bond acceptors (Lipinski definition) is 4. The van der Waals surface area contributed by atoms with Gasteiger partial charge in [-0.05, 0) is 6.42 Å². The van der Waals surface area contributed by atoms with E-state index in [0.717, 1.165) is 5.69 Å². The summed E-state index contributed by atoms with van der Waals surface area (Å²) in [4.78, 5) is 21.9. The molecule has 1 aromatic heterocycles. The van der Waals surface area contributed by atoms with Crippen LogP contribution in [0.1, 0.15) is 19.0 Å². The molecule has 0 spiro atoms. The zero-order chi connectivity index (χ0) is 14.4. The average molecular weight is 270 g/mol. The summed E-state index contributed by atoms with van der Waals surface area (Å²) in [5, 5.41) is 26.8. The number of aliphatic hydroxyl groups is 1. The number of carbonyl (C=O) groups excluding carboxylic acids is 1. The number of aliphatic carboxylic acids is 1. The van der Waals surface area contributed by atoms with Crippen molar-refractivity contribution in [2.45, 2.75) is 25.9 Å². The zero-order valence-corrected chi connectivity index (χ0v) is 10.9. The molecule has 8 heteroatoms. The molecule has 0 aliphatic heterocycles. The third-order valence-corrected chi connectivity index (χ3v) is 2.48. The van der Waals surface area contributed by atoms with Gasteiger partial charge in [-0.1, -0.05) is 6.92 Å². The first-order chi connectivity index (χ1) is 8.93. The summed E-state index contributed by atoms with van der Waals surface area (Å²) in [5.74, 6) is -1.30. The number of aryl methyl sites for hydroxylation is 2. The van der Waals surface area contributed by atoms with E-state index in [4.69, 9.17) is 10.2 Å². The van der Waals surface area contributed by atoms with E-state index in [9.17, 15) is 9.59 Å². The molecule has 0 aliphatic carbocycles. The highest BCUT2D eigenvalue weighted by atomic mass is 16.4. The molecule has 1 unspecified atom stereocenters. The summed E-state index contributed by atoms with van der Waals surface area (Å²) >= 11 is 0. The number of aromatic nitrogens is 2. The number of aliphatic hydroxyl groups excluding tert-OH is 1. The molecule has 0 saturated carbocycles. The van der Waals surface area contributed by atoms with Gasteiger partial charge in [0.15, 0.2) is 6.10 Å². The summed E-state index contributed by atoms with van der Waals surface area (Å²) in [6.07, 6.45) is 0.861. The van der Waals surface area contributed by atoms with Gasteiger partial charge in [-0.25, -0.2) is 9.59 Å². The summed E-state index contributed by atoms with van der Waals surface area (Å²) in [7, 11) is 1.76. The Morgan fingerprint density at radius 1 is 1.53 bits per heavy atom. The van der Waals surface area contributed by atoms with Gasteiger partial charge in [0.1, 0.15) is 0 Å². The Labute approximate surface area is 110 Å². The van der Waals surface area contributed by atoms with Gasteiger partial charge in [0.05, 0.1) is 11.4 Å². The van der Waals surface area contributed by atoms with Gasteiger partial charge in [0.2, 0.25) is 0 Å². The predicted octanol–water partition coefficient (Wildman–Crippen LogP) is -0.0604. The largest absolute Gasteiger partial charge is 0.479 e. The first-order valence-corrected chi connectivity index (χ1v) is 5.92. The Kier molecular flexibility index (Phi) is 5.31. The number of anilines is 1. The molecule has 4 N–H and O–H groups in total. The zero-order valence-electron chi connectivity index (χ0n) is 10.9. The van der Waals surface area contributed by atoms with Crippen LogP contribution in [0.15, 0.2) is 6.20 Å². The van der Waals surface area contributed by atoms with E-state index in [1.807, 2.05) is 6.92 Å². The second kappa shape index (κ2) is 6.74. The van der Waals surface area contributed by atoms with E-state index in [2.05, 4.69) is 15.7 Å². The van der Waals surface area contributed by atoms with Gasteiger partial charge < -0.3 is 20.8 Å². The van der Waals surface area contributed by atoms with Crippen LogP contribution in [0.4, 0.5) is 10.5 Å². The molecule has 0 saturated heterocycles. The normalized spacial score (nSPS) is 11.9. The van der Waals surface area contributed by atoms with Crippen LogP contribution in [0.2, 0.25) is 0 Å². The van der Waals surface area contributed by atoms with Crippen molar-refractivity contribution in [2.75, 3.05) is 11.9 Å². The van der Waals surface area contributed by atoms with Crippen LogP contribution in [0.5, 0.6) is 0 Å². The van der Waals surface area contributed by atoms with Crippen LogP contribution in [0, 0.1) is 0 Å². The Morgan fingerprint density at radius 2 is 2.21 bits per heavy atom. The number of amides is 2. The van der Waals surface area contributed by atoms with Gasteiger partial charge in [-0.3, -0.25) is 4.68 Å². The smallest absolute Gasteiger partial charge is 0.332 e. The lowest BCUT2D eigenvalue weighted by molar-refractivity contribution is -0.146. The fourth-order valence-corrected chi connectivity index (χ4v) is 1.51. The van der Waals surface area contributed by atoms with Crippen molar-refractivity contribution < 1.29 is 19.8 Å². The molecule has 106 valence electrons. The summed E-state index contributed by atoms with van der Waals surface area (Å²) in [5.41, 5.74) is 1.38. The van der Waals surface area contributed by atoms with Crippen LogP contribution >= 0.6 is 0 Å². The molecule has 19 heavy (non-hydrogen) atoms. The molecule has 1 heterocycles. The van der Waals surface area contributed by atoms with Crippen LogP contribution in [0.3, 0.4) is 0 Å². The van der Waals surface area contributed by atoms with Crippen LogP contribution in [-0.2, 0) is 18.3 Å². The molecule has 0 radical (unpaired) electrons. The first kappa shape index (κ1) is 15.0. The number of nitrogens with one attached hydrogen (secondary N) is 2.